The fourth-order valence-electron chi connectivity index (χ4n) is 2.43. The van der Waals surface area contributed by atoms with Gasteiger partial charge in [0.2, 0.25) is 4.77 Å². The summed E-state index contributed by atoms with van der Waals surface area (Å²) in [7, 11) is -16.9. The molecule has 31 heavy (non-hydrogen) atoms. The van der Waals surface area contributed by atoms with Gasteiger partial charge in [0.15, 0.2) is 17.9 Å². The van der Waals surface area contributed by atoms with Gasteiger partial charge in [-0.05, 0) is 19.1 Å². The van der Waals surface area contributed by atoms with Crippen molar-refractivity contribution in [1.29, 1.82) is 0 Å². The predicted octanol–water partition coefficient (Wildman–Crippen LogP) is -0.314. The van der Waals surface area contributed by atoms with Gasteiger partial charge in [-0.1, -0.05) is 0 Å². The average Bonchev–Trinajstić information content (AvgIpc) is 2.78. The second-order valence-electron chi connectivity index (χ2n) is 6.28. The van der Waals surface area contributed by atoms with Crippen molar-refractivity contribution in [3.05, 3.63) is 16.8 Å². The maximum Gasteiger partial charge on any atom is 0.490 e. The maximum atomic E-state index is 13.7. The minimum atomic E-state index is -5.76. The van der Waals surface area contributed by atoms with Gasteiger partial charge in [-0.25, -0.2) is 18.1 Å². The number of aliphatic hydroxyl groups is 2. The summed E-state index contributed by atoms with van der Waals surface area (Å²) in [4.78, 5) is 39.1. The van der Waals surface area contributed by atoms with E-state index in [2.05, 4.69) is 18.1 Å². The van der Waals surface area contributed by atoms with Crippen molar-refractivity contribution in [2.24, 2.45) is 0 Å². The van der Waals surface area contributed by atoms with Crippen molar-refractivity contribution >= 4 is 41.5 Å². The van der Waals surface area contributed by atoms with Crippen molar-refractivity contribution < 1.29 is 65.8 Å². The summed E-state index contributed by atoms with van der Waals surface area (Å²) in [6, 6.07) is 0. The molecule has 178 valence electrons. The summed E-state index contributed by atoms with van der Waals surface area (Å²) in [5, 5.41) is 20.5. The Morgan fingerprint density at radius 3 is 2.39 bits per heavy atom. The van der Waals surface area contributed by atoms with E-state index in [9.17, 15) is 33.2 Å². The smallest absolute Gasteiger partial charge is 0.387 e. The Kier molecular flexibility index (Phi) is 7.65. The van der Waals surface area contributed by atoms with Crippen LogP contribution in [0.2, 0.25) is 0 Å². The van der Waals surface area contributed by atoms with E-state index >= 15 is 0 Å². The summed E-state index contributed by atoms with van der Waals surface area (Å²) in [6.07, 6.45) is -4.45. The lowest BCUT2D eigenvalue weighted by atomic mass is 9.99. The molecule has 0 aromatic carbocycles. The zero-order chi connectivity index (χ0) is 24.0. The number of phosphoric acid groups is 3. The molecule has 8 N–H and O–H groups in total. The number of aliphatic hydroxyl groups excluding tert-OH is 2. The number of phosphoric ester groups is 1. The number of hydrogen-bond donors (Lipinski definition) is 7. The van der Waals surface area contributed by atoms with E-state index in [1.807, 2.05) is 0 Å². The third-order valence-corrected chi connectivity index (χ3v) is 7.85. The van der Waals surface area contributed by atoms with Crippen molar-refractivity contribution in [2.45, 2.75) is 31.0 Å². The van der Waals surface area contributed by atoms with Crippen LogP contribution in [-0.2, 0) is 31.6 Å². The molecule has 0 bridgehead atoms. The first-order chi connectivity index (χ1) is 13.9. The molecule has 6 atom stereocenters. The number of anilines is 1. The summed E-state index contributed by atoms with van der Waals surface area (Å²) < 4.78 is 64.9. The lowest BCUT2D eigenvalue weighted by Crippen LogP contribution is -2.44. The Hall–Kier alpha value is -0.680. The molecule has 0 saturated carbocycles. The monoisotopic (exact) mass is 531 g/mol. The van der Waals surface area contributed by atoms with Gasteiger partial charge in [0.25, 0.3) is 0 Å². The third kappa shape index (κ3) is 6.66. The number of hydrogen-bond acceptors (Lipinski definition) is 12. The van der Waals surface area contributed by atoms with Crippen LogP contribution in [0.15, 0.2) is 6.20 Å². The zero-order valence-corrected chi connectivity index (χ0v) is 18.7. The molecule has 1 aliphatic rings. The van der Waals surface area contributed by atoms with E-state index in [1.54, 1.807) is 0 Å². The van der Waals surface area contributed by atoms with Crippen LogP contribution >= 0.6 is 35.7 Å². The number of ether oxygens (including phenoxy) is 1. The van der Waals surface area contributed by atoms with Crippen LogP contribution < -0.4 is 5.73 Å². The molecule has 1 fully saturated rings. The van der Waals surface area contributed by atoms with Crippen LogP contribution in [0.3, 0.4) is 0 Å². The first-order valence-corrected chi connectivity index (χ1v) is 12.7. The number of nitrogen functional groups attached to an aromatic ring is 1. The van der Waals surface area contributed by atoms with Crippen LogP contribution in [0.1, 0.15) is 13.2 Å². The number of halogens is 1. The minimum absolute atomic E-state index is 0.340. The first-order valence-electron chi connectivity index (χ1n) is 7.72. The first kappa shape index (κ1) is 26.6. The molecule has 0 radical (unpaired) electrons. The molecule has 16 nitrogen and oxygen atoms in total. The molecule has 1 aromatic rings. The molecule has 1 aromatic heterocycles. The van der Waals surface area contributed by atoms with Crippen LogP contribution in [0.4, 0.5) is 10.2 Å². The van der Waals surface area contributed by atoms with E-state index in [0.29, 0.717) is 0 Å². The van der Waals surface area contributed by atoms with Crippen LogP contribution in [0.5, 0.6) is 0 Å². The van der Waals surface area contributed by atoms with E-state index < -0.39 is 65.7 Å². The van der Waals surface area contributed by atoms with E-state index in [0.717, 1.165) is 17.7 Å². The molecule has 0 aliphatic carbocycles. The summed E-state index contributed by atoms with van der Waals surface area (Å²) >= 11 is 4.89. The lowest BCUT2D eigenvalue weighted by Gasteiger charge is -2.28. The SMILES string of the molecule is C[C@]1(COP(=O)(O)OP(=O)(O)OP(=O)(O)O)O[C@@H](n2cc(F)c(N)nc2=S)[C@@H](O)[C@H]1O. The molecule has 0 spiro atoms. The minimum Gasteiger partial charge on any atom is -0.387 e. The Morgan fingerprint density at radius 2 is 1.84 bits per heavy atom. The normalized spacial score (nSPS) is 30.6. The largest absolute Gasteiger partial charge is 0.490 e. The van der Waals surface area contributed by atoms with Gasteiger partial charge in [-0.15, -0.1) is 0 Å². The van der Waals surface area contributed by atoms with Crippen LogP contribution in [0.25, 0.3) is 0 Å². The fourth-order valence-corrected chi connectivity index (χ4v) is 5.80. The molecule has 2 rings (SSSR count). The number of rotatable bonds is 8. The molecule has 0 amide bonds. The summed E-state index contributed by atoms with van der Waals surface area (Å²) in [6.45, 7) is -0.000117. The van der Waals surface area contributed by atoms with Gasteiger partial charge in [-0.2, -0.15) is 13.6 Å². The molecule has 1 aliphatic heterocycles. The second kappa shape index (κ2) is 8.93. The number of nitrogens with zero attached hydrogens (tertiary/aromatic N) is 2. The van der Waals surface area contributed by atoms with Gasteiger partial charge in [0.05, 0.1) is 6.61 Å². The van der Waals surface area contributed by atoms with Gasteiger partial charge in [0, 0.05) is 6.20 Å². The Morgan fingerprint density at radius 1 is 1.26 bits per heavy atom. The molecular formula is C10H17FN3O13P3S. The van der Waals surface area contributed by atoms with Gasteiger partial charge < -0.3 is 40.3 Å². The Balaban J connectivity index is 2.17. The fraction of sp³-hybridized carbons (Fsp3) is 0.600. The highest BCUT2D eigenvalue weighted by Crippen LogP contribution is 2.66. The average molecular weight is 531 g/mol. The highest BCUT2D eigenvalue weighted by atomic mass is 32.1. The predicted molar refractivity (Wildman–Crippen MR) is 97.8 cm³/mol. The maximum absolute atomic E-state index is 13.7. The topological polar surface area (TPSA) is 253 Å². The Bertz CT molecular complexity index is 1050. The quantitative estimate of drug-likeness (QED) is 0.168. The number of aromatic nitrogens is 2. The van der Waals surface area contributed by atoms with Crippen molar-refractivity contribution in [3.63, 3.8) is 0 Å². The molecular weight excluding hydrogens is 514 g/mol. The zero-order valence-electron chi connectivity index (χ0n) is 15.2. The van der Waals surface area contributed by atoms with E-state index in [-0.39, 0.29) is 4.77 Å². The van der Waals surface area contributed by atoms with Gasteiger partial charge in [-0.3, -0.25) is 9.09 Å². The molecule has 21 heteroatoms. The lowest BCUT2D eigenvalue weighted by molar-refractivity contribution is -0.115. The van der Waals surface area contributed by atoms with Crippen LogP contribution in [-0.4, -0.2) is 63.8 Å². The van der Waals surface area contributed by atoms with Crippen molar-refractivity contribution in [3.8, 4) is 0 Å². The van der Waals surface area contributed by atoms with E-state index in [1.165, 1.54) is 0 Å². The van der Waals surface area contributed by atoms with Gasteiger partial charge >= 0.3 is 23.5 Å². The summed E-state index contributed by atoms with van der Waals surface area (Å²) in [5.74, 6) is -1.56. The second-order valence-corrected chi connectivity index (χ2v) is 11.1. The summed E-state index contributed by atoms with van der Waals surface area (Å²) in [5.41, 5.74) is 3.28. The molecule has 2 unspecified atom stereocenters. The molecule has 2 heterocycles. The van der Waals surface area contributed by atoms with Gasteiger partial charge in [0.1, 0.15) is 17.8 Å². The third-order valence-electron chi connectivity index (χ3n) is 3.77. The highest BCUT2D eigenvalue weighted by molar-refractivity contribution is 7.71. The number of nitrogens with two attached hydrogens (primary N) is 1. The van der Waals surface area contributed by atoms with Crippen molar-refractivity contribution in [2.75, 3.05) is 12.3 Å². The van der Waals surface area contributed by atoms with Crippen LogP contribution in [0, 0.1) is 10.6 Å². The van der Waals surface area contributed by atoms with Crippen molar-refractivity contribution in [1.82, 2.24) is 9.55 Å². The highest BCUT2D eigenvalue weighted by Gasteiger charge is 2.53. The standard InChI is InChI=1S/C10H17FN3O13P3S/c1-10(3-24-29(20,21)27-30(22,23)26-28(17,18)19)6(16)5(15)8(25-10)14-2-4(11)7(12)13-9(14)31/h2,5-6,8,15-16H,3H2,1H3,(H,20,21)(H,22,23)(H2,12,13,31)(H2,17,18,19)/t5-,6+,8+,10+/m0/s1. The van der Waals surface area contributed by atoms with E-state index in [4.69, 9.17) is 37.4 Å². The molecule has 1 saturated heterocycles. The Labute approximate surface area is 177 Å².